The van der Waals surface area contributed by atoms with Crippen molar-refractivity contribution in [1.29, 1.82) is 0 Å². The third-order valence-corrected chi connectivity index (χ3v) is 8.90. The van der Waals surface area contributed by atoms with Crippen LogP contribution >= 0.6 is 34.4 Å². The SMILES string of the molecule is CC(C)(C)N1C2C(OCI)C3CC(C2S3)S1(=O)=O. The summed E-state index contributed by atoms with van der Waals surface area (Å²) in [7, 11) is -3.15. The Morgan fingerprint density at radius 1 is 1.44 bits per heavy atom. The van der Waals surface area contributed by atoms with Gasteiger partial charge in [0.2, 0.25) is 10.0 Å². The number of halogens is 1. The summed E-state index contributed by atoms with van der Waals surface area (Å²) >= 11 is 4.03. The van der Waals surface area contributed by atoms with E-state index in [0.717, 1.165) is 6.42 Å². The number of sulfonamides is 1. The van der Waals surface area contributed by atoms with Gasteiger partial charge in [-0.15, -0.1) is 11.8 Å². The van der Waals surface area contributed by atoms with Crippen LogP contribution in [0, 0.1) is 0 Å². The molecule has 0 N–H and O–H groups in total. The average Bonchev–Trinajstić information content (AvgIpc) is 2.79. The zero-order chi connectivity index (χ0) is 13.3. The Kier molecular flexibility index (Phi) is 3.26. The third kappa shape index (κ3) is 1.73. The molecule has 3 fully saturated rings. The van der Waals surface area contributed by atoms with Gasteiger partial charge in [0.15, 0.2) is 0 Å². The summed E-state index contributed by atoms with van der Waals surface area (Å²) in [5.74, 6) is 0. The minimum atomic E-state index is -3.15. The largest absolute Gasteiger partial charge is 0.365 e. The Bertz CT molecular complexity index is 461. The highest BCUT2D eigenvalue weighted by atomic mass is 127. The van der Waals surface area contributed by atoms with Gasteiger partial charge in [0.05, 0.1) is 22.0 Å². The molecule has 0 saturated carbocycles. The molecule has 0 aromatic rings. The molecular formula is C11H18INO3S2. The van der Waals surface area contributed by atoms with Crippen molar-refractivity contribution in [1.82, 2.24) is 4.31 Å². The molecule has 3 saturated heterocycles. The van der Waals surface area contributed by atoms with Crippen LogP contribution in [0.25, 0.3) is 0 Å². The van der Waals surface area contributed by atoms with E-state index in [1.807, 2.05) is 32.5 Å². The van der Waals surface area contributed by atoms with Gasteiger partial charge in [-0.05, 0) is 27.2 Å². The standard InChI is InChI=1S/C11H18INO3S2/c1-11(2,3)13-8-9(16-5-12)6-4-7(10(8)17-6)18(13,14)15/h6-10H,4-5H2,1-3H3. The van der Waals surface area contributed by atoms with Crippen LogP contribution in [-0.4, -0.2) is 50.8 Å². The van der Waals surface area contributed by atoms with E-state index in [0.29, 0.717) is 9.86 Å². The van der Waals surface area contributed by atoms with Crippen LogP contribution in [0.2, 0.25) is 0 Å². The van der Waals surface area contributed by atoms with Crippen LogP contribution in [0.5, 0.6) is 0 Å². The predicted octanol–water partition coefficient (Wildman–Crippen LogP) is 1.83. The molecule has 0 aromatic heterocycles. The Morgan fingerprint density at radius 2 is 2.11 bits per heavy atom. The maximum Gasteiger partial charge on any atom is 0.219 e. The first-order valence-electron chi connectivity index (χ1n) is 6.15. The van der Waals surface area contributed by atoms with E-state index in [1.165, 1.54) is 0 Å². The van der Waals surface area contributed by atoms with Crippen LogP contribution in [0.15, 0.2) is 0 Å². The number of ether oxygens (including phenoxy) is 1. The van der Waals surface area contributed by atoms with Crippen molar-refractivity contribution >= 4 is 44.4 Å². The minimum absolute atomic E-state index is 0.0403. The molecule has 0 spiro atoms. The molecule has 0 radical (unpaired) electrons. The van der Waals surface area contributed by atoms with Gasteiger partial charge in [-0.2, -0.15) is 4.31 Å². The van der Waals surface area contributed by atoms with Gasteiger partial charge in [0, 0.05) is 16.0 Å². The fourth-order valence-electron chi connectivity index (χ4n) is 3.61. The second kappa shape index (κ2) is 4.22. The molecule has 3 rings (SSSR count). The third-order valence-electron chi connectivity index (χ3n) is 4.05. The van der Waals surface area contributed by atoms with Crippen molar-refractivity contribution in [2.24, 2.45) is 0 Å². The molecule has 0 aliphatic carbocycles. The van der Waals surface area contributed by atoms with E-state index in [-0.39, 0.29) is 28.2 Å². The molecule has 3 heterocycles. The molecule has 104 valence electrons. The zero-order valence-electron chi connectivity index (χ0n) is 10.7. The zero-order valence-corrected chi connectivity index (χ0v) is 14.5. The molecule has 0 amide bonds. The Hall–Kier alpha value is 0.950. The van der Waals surface area contributed by atoms with E-state index < -0.39 is 10.0 Å². The first-order chi connectivity index (χ1) is 8.28. The van der Waals surface area contributed by atoms with Gasteiger partial charge in [-0.25, -0.2) is 8.42 Å². The second-order valence-corrected chi connectivity index (χ2v) is 10.2. The van der Waals surface area contributed by atoms with Gasteiger partial charge < -0.3 is 4.74 Å². The number of hydrogen-bond acceptors (Lipinski definition) is 4. The fraction of sp³-hybridized carbons (Fsp3) is 1.00. The molecule has 3 aliphatic rings. The van der Waals surface area contributed by atoms with Crippen LogP contribution in [-0.2, 0) is 14.8 Å². The van der Waals surface area contributed by atoms with Crippen molar-refractivity contribution in [2.75, 3.05) is 4.61 Å². The molecule has 5 atom stereocenters. The highest BCUT2D eigenvalue weighted by Crippen LogP contribution is 2.58. The summed E-state index contributed by atoms with van der Waals surface area (Å²) in [5, 5.41) is 0.403. The van der Waals surface area contributed by atoms with E-state index in [4.69, 9.17) is 4.74 Å². The number of thioether (sulfide) groups is 1. The summed E-state index contributed by atoms with van der Waals surface area (Å²) in [5.41, 5.74) is -0.358. The summed E-state index contributed by atoms with van der Waals surface area (Å²) < 4.78 is 33.5. The Labute approximate surface area is 126 Å². The lowest BCUT2D eigenvalue weighted by Crippen LogP contribution is -2.53. The number of rotatable bonds is 2. The predicted molar refractivity (Wildman–Crippen MR) is 81.6 cm³/mol. The Morgan fingerprint density at radius 3 is 2.67 bits per heavy atom. The van der Waals surface area contributed by atoms with Crippen molar-refractivity contribution in [3.63, 3.8) is 0 Å². The summed E-state index contributed by atoms with van der Waals surface area (Å²) in [4.78, 5) is 0. The lowest BCUT2D eigenvalue weighted by atomic mass is 9.90. The first kappa shape index (κ1) is 13.9. The lowest BCUT2D eigenvalue weighted by Gasteiger charge is -2.37. The molecule has 7 heteroatoms. The summed E-state index contributed by atoms with van der Waals surface area (Å²) in [6.45, 7) is 5.94. The van der Waals surface area contributed by atoms with Crippen LogP contribution in [0.4, 0.5) is 0 Å². The van der Waals surface area contributed by atoms with Crippen LogP contribution in [0.1, 0.15) is 27.2 Å². The lowest BCUT2D eigenvalue weighted by molar-refractivity contribution is 0.0226. The minimum Gasteiger partial charge on any atom is -0.365 e. The molecular weight excluding hydrogens is 385 g/mol. The fourth-order valence-corrected chi connectivity index (χ4v) is 9.27. The normalized spacial score (nSPS) is 45.9. The number of fused-ring (bicyclic) bond motifs is 1. The topological polar surface area (TPSA) is 46.6 Å². The van der Waals surface area contributed by atoms with Crippen molar-refractivity contribution < 1.29 is 13.2 Å². The summed E-state index contributed by atoms with van der Waals surface area (Å²) in [6.07, 6.45) is 0.840. The van der Waals surface area contributed by atoms with Gasteiger partial charge in [-0.1, -0.05) is 22.6 Å². The highest BCUT2D eigenvalue weighted by molar-refractivity contribution is 14.1. The maximum atomic E-state index is 12.7. The van der Waals surface area contributed by atoms with E-state index in [1.54, 1.807) is 4.31 Å². The van der Waals surface area contributed by atoms with E-state index in [2.05, 4.69) is 22.6 Å². The Balaban J connectivity index is 2.05. The van der Waals surface area contributed by atoms with Gasteiger partial charge in [0.25, 0.3) is 0 Å². The highest BCUT2D eigenvalue weighted by Gasteiger charge is 2.69. The van der Waals surface area contributed by atoms with Gasteiger partial charge >= 0.3 is 0 Å². The molecule has 2 bridgehead atoms. The maximum absolute atomic E-state index is 12.7. The van der Waals surface area contributed by atoms with E-state index in [9.17, 15) is 8.42 Å². The van der Waals surface area contributed by atoms with Crippen LogP contribution in [0.3, 0.4) is 0 Å². The quantitative estimate of drug-likeness (QED) is 0.522. The molecule has 5 unspecified atom stereocenters. The summed E-state index contributed by atoms with van der Waals surface area (Å²) in [6, 6.07) is 0.0403. The van der Waals surface area contributed by atoms with Crippen LogP contribution < -0.4 is 0 Å². The average molecular weight is 403 g/mol. The molecule has 0 aromatic carbocycles. The smallest absolute Gasteiger partial charge is 0.219 e. The second-order valence-electron chi connectivity index (χ2n) is 6.16. The first-order valence-corrected chi connectivity index (χ1v) is 10.1. The number of alkyl halides is 1. The van der Waals surface area contributed by atoms with Crippen molar-refractivity contribution in [3.8, 4) is 0 Å². The number of nitrogens with zero attached hydrogens (tertiary/aromatic N) is 1. The van der Waals surface area contributed by atoms with E-state index >= 15 is 0 Å². The van der Waals surface area contributed by atoms with Crippen molar-refractivity contribution in [2.45, 2.75) is 60.6 Å². The molecule has 18 heavy (non-hydrogen) atoms. The van der Waals surface area contributed by atoms with Gasteiger partial charge in [-0.3, -0.25) is 0 Å². The monoisotopic (exact) mass is 403 g/mol. The molecule has 3 aliphatic heterocycles. The van der Waals surface area contributed by atoms with Crippen molar-refractivity contribution in [3.05, 3.63) is 0 Å². The molecule has 4 nitrogen and oxygen atoms in total. The van der Waals surface area contributed by atoms with Gasteiger partial charge in [0.1, 0.15) is 0 Å². The number of hydrogen-bond donors (Lipinski definition) is 0.